The highest BCUT2D eigenvalue weighted by Gasteiger charge is 2.09. The molecule has 0 aliphatic carbocycles. The first-order valence-corrected chi connectivity index (χ1v) is 9.98. The molecule has 2 heteroatoms. The van der Waals surface area contributed by atoms with Crippen LogP contribution >= 0.6 is 22.6 Å². The largest absolute Gasteiger partial charge is 0.0859 e. The lowest BCUT2D eigenvalue weighted by Crippen LogP contribution is -2.16. The predicted octanol–water partition coefficient (Wildman–Crippen LogP) is 5.15. The van der Waals surface area contributed by atoms with Crippen LogP contribution in [0.4, 0.5) is 0 Å². The van der Waals surface area contributed by atoms with Crippen LogP contribution in [-0.4, -0.2) is 8.07 Å². The van der Waals surface area contributed by atoms with Crippen molar-refractivity contribution < 1.29 is 0 Å². The molecule has 0 saturated heterocycles. The Morgan fingerprint density at radius 2 is 1.77 bits per heavy atom. The summed E-state index contributed by atoms with van der Waals surface area (Å²) < 4.78 is 1.59. The fourth-order valence-corrected chi connectivity index (χ4v) is 5.53. The van der Waals surface area contributed by atoms with Crippen LogP contribution in [0.15, 0.2) is 9.28 Å². The average molecular weight is 310 g/mol. The van der Waals surface area contributed by atoms with E-state index in [1.165, 1.54) is 32.1 Å². The van der Waals surface area contributed by atoms with E-state index in [1.54, 1.807) is 3.58 Å². The zero-order chi connectivity index (χ0) is 10.3. The number of allylic oxidation sites excluding steroid dienone is 1. The zero-order valence-electron chi connectivity index (χ0n) is 9.49. The van der Waals surface area contributed by atoms with Gasteiger partial charge in [-0.05, 0) is 39.0 Å². The lowest BCUT2D eigenvalue weighted by Gasteiger charge is -2.10. The van der Waals surface area contributed by atoms with E-state index < -0.39 is 8.07 Å². The smallest absolute Gasteiger partial charge is 0.0696 e. The van der Waals surface area contributed by atoms with Crippen LogP contribution in [0.5, 0.6) is 0 Å². The Morgan fingerprint density at radius 3 is 2.23 bits per heavy atom. The van der Waals surface area contributed by atoms with E-state index in [2.05, 4.69) is 54.9 Å². The van der Waals surface area contributed by atoms with Crippen molar-refractivity contribution in [2.45, 2.75) is 58.7 Å². The van der Waals surface area contributed by atoms with Crippen LogP contribution in [0.25, 0.3) is 0 Å². The van der Waals surface area contributed by atoms with Crippen molar-refractivity contribution in [3.05, 3.63) is 9.28 Å². The summed E-state index contributed by atoms with van der Waals surface area (Å²) >= 11 is 2.51. The molecule has 0 bridgehead atoms. The molecule has 0 atom stereocenters. The SMILES string of the molecule is CCCCCC/C(I)=C\[Si](C)(C)C. The fraction of sp³-hybridized carbons (Fsp3) is 0.818. The van der Waals surface area contributed by atoms with Gasteiger partial charge in [-0.2, -0.15) is 0 Å². The maximum Gasteiger partial charge on any atom is 0.0696 e. The highest BCUT2D eigenvalue weighted by Crippen LogP contribution is 2.19. The van der Waals surface area contributed by atoms with Gasteiger partial charge in [-0.1, -0.05) is 51.5 Å². The molecule has 0 aromatic heterocycles. The average Bonchev–Trinajstić information content (AvgIpc) is 1.94. The molecule has 0 unspecified atom stereocenters. The number of hydrogen-bond donors (Lipinski definition) is 0. The van der Waals surface area contributed by atoms with E-state index in [0.29, 0.717) is 0 Å². The topological polar surface area (TPSA) is 0 Å². The third-order valence-electron chi connectivity index (χ3n) is 1.86. The number of unbranched alkanes of at least 4 members (excludes halogenated alkanes) is 3. The molecule has 0 nitrogen and oxygen atoms in total. The summed E-state index contributed by atoms with van der Waals surface area (Å²) in [7, 11) is -0.958. The molecular formula is C11H23ISi. The number of hydrogen-bond acceptors (Lipinski definition) is 0. The van der Waals surface area contributed by atoms with Crippen molar-refractivity contribution in [2.24, 2.45) is 0 Å². The molecule has 0 spiro atoms. The predicted molar refractivity (Wildman–Crippen MR) is 74.2 cm³/mol. The van der Waals surface area contributed by atoms with Crippen molar-refractivity contribution in [1.82, 2.24) is 0 Å². The monoisotopic (exact) mass is 310 g/mol. The Hall–Kier alpha value is 0.687. The highest BCUT2D eigenvalue weighted by molar-refractivity contribution is 14.1. The van der Waals surface area contributed by atoms with Gasteiger partial charge in [0.2, 0.25) is 0 Å². The lowest BCUT2D eigenvalue weighted by atomic mass is 10.2. The maximum absolute atomic E-state index is 2.53. The molecule has 0 fully saturated rings. The van der Waals surface area contributed by atoms with Gasteiger partial charge in [0.05, 0.1) is 8.07 Å². The van der Waals surface area contributed by atoms with Crippen LogP contribution in [-0.2, 0) is 0 Å². The van der Waals surface area contributed by atoms with E-state index in [9.17, 15) is 0 Å². The molecule has 0 heterocycles. The normalized spacial score (nSPS) is 13.5. The van der Waals surface area contributed by atoms with Gasteiger partial charge in [-0.3, -0.25) is 0 Å². The Morgan fingerprint density at radius 1 is 1.15 bits per heavy atom. The lowest BCUT2D eigenvalue weighted by molar-refractivity contribution is 0.673. The Bertz CT molecular complexity index is 156. The first kappa shape index (κ1) is 13.7. The molecule has 13 heavy (non-hydrogen) atoms. The molecule has 0 radical (unpaired) electrons. The first-order chi connectivity index (χ1) is 5.95. The standard InChI is InChI=1S/C11H23ISi/c1-5-6-7-8-9-11(12)10-13(2,3)4/h10H,5-9H2,1-4H3/b11-10+. The third-order valence-corrected chi connectivity index (χ3v) is 4.51. The van der Waals surface area contributed by atoms with Gasteiger partial charge in [0.25, 0.3) is 0 Å². The third kappa shape index (κ3) is 10.6. The van der Waals surface area contributed by atoms with E-state index >= 15 is 0 Å². The van der Waals surface area contributed by atoms with Crippen LogP contribution in [0.2, 0.25) is 19.6 Å². The fourth-order valence-electron chi connectivity index (χ4n) is 1.26. The molecule has 0 saturated carbocycles. The van der Waals surface area contributed by atoms with Crippen molar-refractivity contribution in [1.29, 1.82) is 0 Å². The maximum atomic E-state index is 2.53. The summed E-state index contributed by atoms with van der Waals surface area (Å²) in [4.78, 5) is 0. The first-order valence-electron chi connectivity index (χ1n) is 5.33. The zero-order valence-corrected chi connectivity index (χ0v) is 12.6. The van der Waals surface area contributed by atoms with Gasteiger partial charge >= 0.3 is 0 Å². The van der Waals surface area contributed by atoms with Crippen molar-refractivity contribution in [2.75, 3.05) is 0 Å². The van der Waals surface area contributed by atoms with Gasteiger partial charge in [0.15, 0.2) is 0 Å². The summed E-state index contributed by atoms with van der Waals surface area (Å²) in [5.74, 6) is 0. The van der Waals surface area contributed by atoms with Gasteiger partial charge in [0, 0.05) is 0 Å². The molecule has 0 N–H and O–H groups in total. The van der Waals surface area contributed by atoms with E-state index in [-0.39, 0.29) is 0 Å². The minimum absolute atomic E-state index is 0.958. The quantitative estimate of drug-likeness (QED) is 0.361. The number of halogens is 1. The minimum Gasteiger partial charge on any atom is -0.0859 e. The second kappa shape index (κ2) is 7.04. The molecule has 0 rings (SSSR count). The van der Waals surface area contributed by atoms with E-state index in [0.717, 1.165) is 0 Å². The summed E-state index contributed by atoms with van der Waals surface area (Å²) in [5.41, 5.74) is 2.53. The Balaban J connectivity index is 3.62. The highest BCUT2D eigenvalue weighted by atomic mass is 127. The summed E-state index contributed by atoms with van der Waals surface area (Å²) in [6.07, 6.45) is 6.84. The van der Waals surface area contributed by atoms with Gasteiger partial charge in [-0.25, -0.2) is 0 Å². The minimum atomic E-state index is -0.958. The van der Waals surface area contributed by atoms with Gasteiger partial charge in [-0.15, -0.1) is 0 Å². The van der Waals surface area contributed by atoms with Gasteiger partial charge in [0.1, 0.15) is 0 Å². The Kier molecular flexibility index (Phi) is 7.41. The molecule has 0 amide bonds. The van der Waals surface area contributed by atoms with Gasteiger partial charge < -0.3 is 0 Å². The molecule has 0 aromatic carbocycles. The molecule has 0 aliphatic heterocycles. The molecule has 0 aromatic rings. The molecular weight excluding hydrogens is 287 g/mol. The molecule has 0 aliphatic rings. The van der Waals surface area contributed by atoms with E-state index in [4.69, 9.17) is 0 Å². The van der Waals surface area contributed by atoms with Crippen molar-refractivity contribution in [3.63, 3.8) is 0 Å². The van der Waals surface area contributed by atoms with Crippen LogP contribution in [0, 0.1) is 0 Å². The summed E-state index contributed by atoms with van der Waals surface area (Å²) in [5, 5.41) is 0. The molecule has 78 valence electrons. The van der Waals surface area contributed by atoms with Crippen LogP contribution in [0.1, 0.15) is 39.0 Å². The van der Waals surface area contributed by atoms with Crippen molar-refractivity contribution in [3.8, 4) is 0 Å². The Labute approximate surface area is 98.3 Å². The second-order valence-electron chi connectivity index (χ2n) is 4.77. The van der Waals surface area contributed by atoms with Crippen LogP contribution in [0.3, 0.4) is 0 Å². The van der Waals surface area contributed by atoms with Crippen LogP contribution < -0.4 is 0 Å². The van der Waals surface area contributed by atoms with Crippen molar-refractivity contribution >= 4 is 30.7 Å². The summed E-state index contributed by atoms with van der Waals surface area (Å²) in [6, 6.07) is 0. The number of rotatable bonds is 6. The summed E-state index contributed by atoms with van der Waals surface area (Å²) in [6.45, 7) is 9.47. The second-order valence-corrected chi connectivity index (χ2v) is 11.2. The van der Waals surface area contributed by atoms with E-state index in [1.807, 2.05) is 0 Å².